The minimum atomic E-state index is -0.0437. The summed E-state index contributed by atoms with van der Waals surface area (Å²) in [6.07, 6.45) is 7.86. The van der Waals surface area contributed by atoms with Crippen LogP contribution in [-0.4, -0.2) is 71.8 Å². The highest BCUT2D eigenvalue weighted by atomic mass is 16.5. The van der Waals surface area contributed by atoms with E-state index in [1.54, 1.807) is 21.8 Å². The molecule has 11 heteroatoms. The number of pyridine rings is 1. The van der Waals surface area contributed by atoms with Crippen molar-refractivity contribution in [1.29, 1.82) is 0 Å². The van der Waals surface area contributed by atoms with Gasteiger partial charge < -0.3 is 19.9 Å². The lowest BCUT2D eigenvalue weighted by atomic mass is 10.2. The largest absolute Gasteiger partial charge is 0.457 e. The molecular formula is C29H31N9O2. The van der Waals surface area contributed by atoms with E-state index in [1.165, 1.54) is 18.7 Å². The van der Waals surface area contributed by atoms with E-state index in [-0.39, 0.29) is 11.9 Å². The average Bonchev–Trinajstić information content (AvgIpc) is 3.42. The van der Waals surface area contributed by atoms with Gasteiger partial charge in [-0.15, -0.1) is 0 Å². The molecule has 4 heterocycles. The van der Waals surface area contributed by atoms with E-state index in [0.717, 1.165) is 22.8 Å². The van der Waals surface area contributed by atoms with Gasteiger partial charge in [0, 0.05) is 48.8 Å². The summed E-state index contributed by atoms with van der Waals surface area (Å²) in [5.41, 5.74) is 2.50. The van der Waals surface area contributed by atoms with Gasteiger partial charge in [-0.25, -0.2) is 24.5 Å². The van der Waals surface area contributed by atoms with Crippen LogP contribution in [0.5, 0.6) is 11.5 Å². The summed E-state index contributed by atoms with van der Waals surface area (Å²) in [6, 6.07) is 9.62. The van der Waals surface area contributed by atoms with Crippen molar-refractivity contribution >= 4 is 41.7 Å². The lowest BCUT2D eigenvalue weighted by molar-refractivity contribution is -0.128. The van der Waals surface area contributed by atoms with Crippen molar-refractivity contribution in [1.82, 2.24) is 34.4 Å². The summed E-state index contributed by atoms with van der Waals surface area (Å²) in [5, 5.41) is 8.68. The first-order valence-corrected chi connectivity index (χ1v) is 12.9. The number of benzene rings is 1. The predicted octanol–water partition coefficient (Wildman–Crippen LogP) is 2.65. The molecular weight excluding hydrogens is 506 g/mol. The van der Waals surface area contributed by atoms with E-state index in [2.05, 4.69) is 55.3 Å². The third-order valence-electron chi connectivity index (χ3n) is 6.80. The zero-order valence-electron chi connectivity index (χ0n) is 22.8. The zero-order chi connectivity index (χ0) is 28.2. The van der Waals surface area contributed by atoms with Crippen LogP contribution in [0.15, 0.2) is 66.8 Å². The van der Waals surface area contributed by atoms with Crippen LogP contribution in [-0.2, 0) is 4.79 Å². The van der Waals surface area contributed by atoms with Crippen molar-refractivity contribution in [3.63, 3.8) is 0 Å². The highest BCUT2D eigenvalue weighted by molar-refractivity contribution is 5.87. The zero-order valence-corrected chi connectivity index (χ0v) is 22.8. The molecule has 4 aromatic rings. The van der Waals surface area contributed by atoms with Gasteiger partial charge in [-0.1, -0.05) is 13.2 Å². The number of piperazine rings is 1. The van der Waals surface area contributed by atoms with E-state index in [4.69, 9.17) is 4.74 Å². The number of hydrogen-bond acceptors (Lipinski definition) is 8. The Hall–Kier alpha value is -5.06. The number of anilines is 2. The molecule has 0 radical (unpaired) electrons. The van der Waals surface area contributed by atoms with Crippen molar-refractivity contribution in [2.24, 2.45) is 4.99 Å². The second-order valence-corrected chi connectivity index (χ2v) is 9.55. The number of fused-ring (bicyclic) bond motifs is 1. The van der Waals surface area contributed by atoms with E-state index >= 15 is 0 Å². The molecule has 5 rings (SSSR count). The summed E-state index contributed by atoms with van der Waals surface area (Å²) in [6.45, 7) is 15.7. The summed E-state index contributed by atoms with van der Waals surface area (Å²) < 4.78 is 7.75. The van der Waals surface area contributed by atoms with Crippen molar-refractivity contribution < 1.29 is 9.53 Å². The molecule has 0 unspecified atom stereocenters. The lowest BCUT2D eigenvalue weighted by Crippen LogP contribution is -2.54. The van der Waals surface area contributed by atoms with Gasteiger partial charge in [0.25, 0.3) is 0 Å². The maximum absolute atomic E-state index is 12.0. The Labute approximate surface area is 231 Å². The minimum Gasteiger partial charge on any atom is -0.457 e. The molecule has 1 atom stereocenters. The van der Waals surface area contributed by atoms with E-state index in [0.29, 0.717) is 47.4 Å². The van der Waals surface area contributed by atoms with Gasteiger partial charge in [0.2, 0.25) is 5.91 Å². The fourth-order valence-corrected chi connectivity index (χ4v) is 4.61. The van der Waals surface area contributed by atoms with Crippen molar-refractivity contribution in [3.8, 4) is 11.5 Å². The Morgan fingerprint density at radius 2 is 2.02 bits per heavy atom. The Balaban J connectivity index is 1.29. The topological polar surface area (TPSA) is 113 Å². The molecule has 0 bridgehead atoms. The molecule has 3 aromatic heterocycles. The van der Waals surface area contributed by atoms with E-state index < -0.39 is 0 Å². The molecule has 0 saturated carbocycles. The molecule has 1 amide bonds. The van der Waals surface area contributed by atoms with Crippen molar-refractivity contribution in [3.05, 3.63) is 78.0 Å². The Kier molecular flexibility index (Phi) is 7.54. The number of amidine groups is 1. The Morgan fingerprint density at radius 1 is 1.18 bits per heavy atom. The first kappa shape index (κ1) is 26.5. The molecule has 1 aromatic carbocycles. The average molecular weight is 538 g/mol. The summed E-state index contributed by atoms with van der Waals surface area (Å²) in [4.78, 5) is 33.6. The molecule has 40 heavy (non-hydrogen) atoms. The van der Waals surface area contributed by atoms with Crippen LogP contribution >= 0.6 is 0 Å². The highest BCUT2D eigenvalue weighted by Gasteiger charge is 2.26. The normalized spacial score (nSPS) is 16.3. The van der Waals surface area contributed by atoms with Crippen LogP contribution < -0.4 is 20.6 Å². The molecule has 0 aliphatic carbocycles. The SMILES string of the molecule is C=CC(=O)N1CCN(C(C)=N/C=c2/ncnc(Nc3ccc(Oc4ccn5ncnc5c4)c(C)c3)c2=C)[C@H](C)C1. The fourth-order valence-electron chi connectivity index (χ4n) is 4.61. The van der Waals surface area contributed by atoms with Crippen LogP contribution in [0.25, 0.3) is 18.4 Å². The number of amides is 1. The maximum atomic E-state index is 12.0. The van der Waals surface area contributed by atoms with Gasteiger partial charge in [-0.2, -0.15) is 5.10 Å². The van der Waals surface area contributed by atoms with E-state index in [1.807, 2.05) is 44.2 Å². The number of aromatic nitrogens is 5. The summed E-state index contributed by atoms with van der Waals surface area (Å²) in [5.74, 6) is 2.80. The number of nitrogens with one attached hydrogen (secondary N) is 1. The van der Waals surface area contributed by atoms with Gasteiger partial charge in [0.1, 0.15) is 35.8 Å². The summed E-state index contributed by atoms with van der Waals surface area (Å²) >= 11 is 0. The molecule has 1 fully saturated rings. The molecule has 1 aliphatic rings. The quantitative estimate of drug-likeness (QED) is 0.227. The van der Waals surface area contributed by atoms with Gasteiger partial charge in [-0.05, 0) is 56.7 Å². The lowest BCUT2D eigenvalue weighted by Gasteiger charge is -2.40. The number of nitrogens with zero attached hydrogens (tertiary/aromatic N) is 8. The number of ether oxygens (including phenoxy) is 1. The fraction of sp³-hybridized carbons (Fsp3) is 0.241. The molecule has 0 spiro atoms. The third-order valence-corrected chi connectivity index (χ3v) is 6.80. The van der Waals surface area contributed by atoms with Crippen LogP contribution in [0.2, 0.25) is 0 Å². The number of carbonyl (C=O) groups is 1. The number of aryl methyl sites for hydroxylation is 1. The number of hydrogen-bond donors (Lipinski definition) is 1. The third kappa shape index (κ3) is 5.68. The van der Waals surface area contributed by atoms with Crippen LogP contribution in [0.1, 0.15) is 19.4 Å². The Morgan fingerprint density at radius 3 is 2.80 bits per heavy atom. The second kappa shape index (κ2) is 11.4. The minimum absolute atomic E-state index is 0.0437. The molecule has 1 saturated heterocycles. The predicted molar refractivity (Wildman–Crippen MR) is 155 cm³/mol. The highest BCUT2D eigenvalue weighted by Crippen LogP contribution is 2.28. The standard InChI is InChI=1S/C29H31N9O2/c1-6-28(39)36-11-12-37(20(3)16-36)22(5)30-15-25-21(4)29(33-17-31-25)35-23-7-8-26(19(2)13-23)40-24-9-10-38-27(14-24)32-18-34-38/h6-10,13-15,17-18,20H,1,4,11-12,16H2,2-3,5H3,(H,31,33,35)/b25-15+,30-22?/t20-/m1/s1. The second-order valence-electron chi connectivity index (χ2n) is 9.55. The van der Waals surface area contributed by atoms with Crippen molar-refractivity contribution in [2.45, 2.75) is 26.8 Å². The first-order chi connectivity index (χ1) is 19.3. The maximum Gasteiger partial charge on any atom is 0.246 e. The van der Waals surface area contributed by atoms with Crippen LogP contribution in [0, 0.1) is 6.92 Å². The number of rotatable bonds is 6. The van der Waals surface area contributed by atoms with Gasteiger partial charge >= 0.3 is 0 Å². The smallest absolute Gasteiger partial charge is 0.246 e. The molecule has 1 aliphatic heterocycles. The monoisotopic (exact) mass is 537 g/mol. The number of aliphatic imine (C=N–C) groups is 1. The first-order valence-electron chi connectivity index (χ1n) is 12.9. The Bertz CT molecular complexity index is 1710. The van der Waals surface area contributed by atoms with Gasteiger partial charge in [0.05, 0.1) is 11.5 Å². The van der Waals surface area contributed by atoms with Gasteiger partial charge in [-0.3, -0.25) is 4.79 Å². The number of carbonyl (C=O) groups excluding carboxylic acids is 1. The van der Waals surface area contributed by atoms with Gasteiger partial charge in [0.15, 0.2) is 5.65 Å². The summed E-state index contributed by atoms with van der Waals surface area (Å²) in [7, 11) is 0. The van der Waals surface area contributed by atoms with Crippen LogP contribution in [0.3, 0.4) is 0 Å². The van der Waals surface area contributed by atoms with Crippen LogP contribution in [0.4, 0.5) is 11.5 Å². The molecule has 204 valence electrons. The molecule has 11 nitrogen and oxygen atoms in total. The molecule has 1 N–H and O–H groups in total. The van der Waals surface area contributed by atoms with Crippen molar-refractivity contribution in [2.75, 3.05) is 25.0 Å². The van der Waals surface area contributed by atoms with E-state index in [9.17, 15) is 4.79 Å².